The standard InChI is InChI=1S/C13H13N3/c1-16(13-5-3-2-4-6-13)15-11-12-7-9-14-10-8-12/h2-11H,1H3/p+1. The van der Waals surface area contributed by atoms with Gasteiger partial charge in [-0.25, -0.2) is 4.98 Å². The van der Waals surface area contributed by atoms with Gasteiger partial charge in [-0.05, 0) is 12.1 Å². The third-order valence-electron chi connectivity index (χ3n) is 2.25. The highest BCUT2D eigenvalue weighted by molar-refractivity contribution is 5.79. The Balaban J connectivity index is 2.08. The van der Waals surface area contributed by atoms with Crippen LogP contribution in [0, 0.1) is 0 Å². The summed E-state index contributed by atoms with van der Waals surface area (Å²) in [6.07, 6.45) is 5.59. The van der Waals surface area contributed by atoms with Crippen molar-refractivity contribution in [3.05, 3.63) is 60.4 Å². The lowest BCUT2D eigenvalue weighted by Gasteiger charge is -2.11. The Kier molecular flexibility index (Phi) is 3.28. The fraction of sp³-hybridized carbons (Fsp3) is 0.0769. The van der Waals surface area contributed by atoms with Crippen LogP contribution < -0.4 is 9.99 Å². The molecule has 0 aliphatic rings. The average molecular weight is 212 g/mol. The van der Waals surface area contributed by atoms with Crippen molar-refractivity contribution in [3.8, 4) is 0 Å². The van der Waals surface area contributed by atoms with Crippen molar-refractivity contribution in [2.24, 2.45) is 5.10 Å². The van der Waals surface area contributed by atoms with Crippen LogP contribution in [0.15, 0.2) is 60.0 Å². The van der Waals surface area contributed by atoms with E-state index in [0.717, 1.165) is 11.3 Å². The molecule has 0 radical (unpaired) electrons. The van der Waals surface area contributed by atoms with Gasteiger partial charge in [-0.3, -0.25) is 5.01 Å². The van der Waals surface area contributed by atoms with Gasteiger partial charge in [0.1, 0.15) is 0 Å². The Hall–Kier alpha value is -2.16. The van der Waals surface area contributed by atoms with Crippen LogP contribution in [0.1, 0.15) is 5.56 Å². The first-order chi connectivity index (χ1) is 7.86. The van der Waals surface area contributed by atoms with E-state index in [1.54, 1.807) is 0 Å². The molecule has 2 rings (SSSR count). The molecule has 0 aliphatic carbocycles. The van der Waals surface area contributed by atoms with Gasteiger partial charge in [0.05, 0.1) is 11.9 Å². The third-order valence-corrected chi connectivity index (χ3v) is 2.25. The molecule has 1 aromatic carbocycles. The molecule has 1 N–H and O–H groups in total. The van der Waals surface area contributed by atoms with E-state index in [9.17, 15) is 0 Å². The maximum Gasteiger partial charge on any atom is 0.167 e. The van der Waals surface area contributed by atoms with Crippen molar-refractivity contribution in [2.45, 2.75) is 0 Å². The number of hydrogen-bond donors (Lipinski definition) is 0. The number of para-hydroxylation sites is 1. The quantitative estimate of drug-likeness (QED) is 0.565. The molecule has 0 saturated heterocycles. The fourth-order valence-electron chi connectivity index (χ4n) is 1.35. The summed E-state index contributed by atoms with van der Waals surface area (Å²) in [6, 6.07) is 14.0. The molecule has 0 unspecified atom stereocenters. The predicted octanol–water partition coefficient (Wildman–Crippen LogP) is 1.97. The number of pyridine rings is 1. The van der Waals surface area contributed by atoms with Gasteiger partial charge in [-0.15, -0.1) is 0 Å². The second-order valence-corrected chi connectivity index (χ2v) is 3.44. The summed E-state index contributed by atoms with van der Waals surface area (Å²) in [4.78, 5) is 2.98. The second-order valence-electron chi connectivity index (χ2n) is 3.44. The first-order valence-corrected chi connectivity index (χ1v) is 5.15. The SMILES string of the molecule is CN(N=Cc1cc[nH+]cc1)c1ccccc1. The van der Waals surface area contributed by atoms with Gasteiger partial charge in [-0.2, -0.15) is 5.10 Å². The third kappa shape index (κ3) is 2.67. The smallest absolute Gasteiger partial charge is 0.167 e. The van der Waals surface area contributed by atoms with E-state index in [1.807, 2.05) is 73.1 Å². The molecule has 3 heteroatoms. The van der Waals surface area contributed by atoms with E-state index >= 15 is 0 Å². The summed E-state index contributed by atoms with van der Waals surface area (Å²) in [7, 11) is 1.93. The van der Waals surface area contributed by atoms with E-state index < -0.39 is 0 Å². The number of aromatic nitrogens is 1. The fourth-order valence-corrected chi connectivity index (χ4v) is 1.35. The minimum Gasteiger partial charge on any atom is -0.269 e. The molecule has 2 aromatic rings. The van der Waals surface area contributed by atoms with Gasteiger partial charge in [0.2, 0.25) is 0 Å². The number of rotatable bonds is 3. The minimum atomic E-state index is 1.07. The molecular formula is C13H14N3+. The summed E-state index contributed by atoms with van der Waals surface area (Å²) in [5.74, 6) is 0. The van der Waals surface area contributed by atoms with Crippen LogP contribution >= 0.6 is 0 Å². The predicted molar refractivity (Wildman–Crippen MR) is 65.4 cm³/mol. The highest BCUT2D eigenvalue weighted by atomic mass is 15.4. The number of benzene rings is 1. The largest absolute Gasteiger partial charge is 0.269 e. The van der Waals surface area contributed by atoms with Gasteiger partial charge in [0.25, 0.3) is 0 Å². The Morgan fingerprint density at radius 3 is 2.44 bits per heavy atom. The van der Waals surface area contributed by atoms with E-state index in [4.69, 9.17) is 0 Å². The van der Waals surface area contributed by atoms with Crippen LogP contribution in [0.25, 0.3) is 0 Å². The number of hydrazone groups is 1. The topological polar surface area (TPSA) is 29.7 Å². The van der Waals surface area contributed by atoms with E-state index in [2.05, 4.69) is 10.1 Å². The van der Waals surface area contributed by atoms with E-state index in [1.165, 1.54) is 0 Å². The van der Waals surface area contributed by atoms with Crippen LogP contribution in [-0.2, 0) is 0 Å². The highest BCUT2D eigenvalue weighted by Gasteiger charge is 1.95. The van der Waals surface area contributed by atoms with Crippen molar-refractivity contribution in [3.63, 3.8) is 0 Å². The number of H-pyrrole nitrogens is 1. The van der Waals surface area contributed by atoms with Gasteiger partial charge in [0.15, 0.2) is 12.4 Å². The zero-order valence-electron chi connectivity index (χ0n) is 9.17. The van der Waals surface area contributed by atoms with Crippen molar-refractivity contribution in [2.75, 3.05) is 12.1 Å². The summed E-state index contributed by atoms with van der Waals surface area (Å²) in [5.41, 5.74) is 2.14. The Bertz CT molecular complexity index is 451. The Labute approximate surface area is 95.1 Å². The second kappa shape index (κ2) is 5.07. The summed E-state index contributed by atoms with van der Waals surface area (Å²) in [6.45, 7) is 0. The number of hydrogen-bond acceptors (Lipinski definition) is 2. The van der Waals surface area contributed by atoms with E-state index in [0.29, 0.717) is 0 Å². The van der Waals surface area contributed by atoms with Crippen LogP contribution in [0.5, 0.6) is 0 Å². The van der Waals surface area contributed by atoms with Crippen LogP contribution in [-0.4, -0.2) is 13.3 Å². The molecule has 1 heterocycles. The number of nitrogens with zero attached hydrogens (tertiary/aromatic N) is 2. The lowest BCUT2D eigenvalue weighted by molar-refractivity contribution is -0.378. The average Bonchev–Trinajstić information content (AvgIpc) is 2.38. The summed E-state index contributed by atoms with van der Waals surface area (Å²) < 4.78 is 0. The first-order valence-electron chi connectivity index (χ1n) is 5.15. The van der Waals surface area contributed by atoms with E-state index in [-0.39, 0.29) is 0 Å². The molecule has 0 atom stereocenters. The first kappa shape index (κ1) is 10.4. The van der Waals surface area contributed by atoms with Crippen molar-refractivity contribution in [1.29, 1.82) is 0 Å². The lowest BCUT2D eigenvalue weighted by Crippen LogP contribution is -2.08. The van der Waals surface area contributed by atoms with Gasteiger partial charge < -0.3 is 0 Å². The molecule has 3 nitrogen and oxygen atoms in total. The Morgan fingerprint density at radius 2 is 1.75 bits per heavy atom. The van der Waals surface area contributed by atoms with Gasteiger partial charge in [0, 0.05) is 24.7 Å². The van der Waals surface area contributed by atoms with Crippen molar-refractivity contribution < 1.29 is 4.98 Å². The lowest BCUT2D eigenvalue weighted by atomic mass is 10.3. The number of anilines is 1. The normalized spacial score (nSPS) is 10.6. The van der Waals surface area contributed by atoms with Crippen LogP contribution in [0.4, 0.5) is 5.69 Å². The van der Waals surface area contributed by atoms with Crippen LogP contribution in [0.3, 0.4) is 0 Å². The van der Waals surface area contributed by atoms with Crippen molar-refractivity contribution >= 4 is 11.9 Å². The molecular weight excluding hydrogens is 198 g/mol. The Morgan fingerprint density at radius 1 is 1.06 bits per heavy atom. The zero-order chi connectivity index (χ0) is 11.2. The summed E-state index contributed by atoms with van der Waals surface area (Å²) in [5, 5.41) is 6.20. The molecule has 0 fully saturated rings. The number of nitrogens with one attached hydrogen (secondary N) is 1. The molecule has 0 aliphatic heterocycles. The monoisotopic (exact) mass is 212 g/mol. The highest BCUT2D eigenvalue weighted by Crippen LogP contribution is 2.10. The van der Waals surface area contributed by atoms with Crippen molar-refractivity contribution in [1.82, 2.24) is 0 Å². The molecule has 16 heavy (non-hydrogen) atoms. The molecule has 0 bridgehead atoms. The molecule has 80 valence electrons. The minimum absolute atomic E-state index is 1.07. The molecule has 0 saturated carbocycles. The van der Waals surface area contributed by atoms with Crippen LogP contribution in [0.2, 0.25) is 0 Å². The maximum atomic E-state index is 4.36. The maximum absolute atomic E-state index is 4.36. The summed E-state index contributed by atoms with van der Waals surface area (Å²) >= 11 is 0. The van der Waals surface area contributed by atoms with Gasteiger partial charge >= 0.3 is 0 Å². The molecule has 0 amide bonds. The van der Waals surface area contributed by atoms with Gasteiger partial charge in [-0.1, -0.05) is 18.2 Å². The molecule has 0 spiro atoms. The molecule has 1 aromatic heterocycles. The number of aromatic amines is 1. The zero-order valence-corrected chi connectivity index (χ0v) is 9.17.